The fourth-order valence-electron chi connectivity index (χ4n) is 2.89. The van der Waals surface area contributed by atoms with Crippen LogP contribution in [-0.2, 0) is 24.0 Å². The van der Waals surface area contributed by atoms with Crippen LogP contribution in [0.25, 0.3) is 11.2 Å². The van der Waals surface area contributed by atoms with Crippen LogP contribution in [0, 0.1) is 0 Å². The number of hydrogen-bond acceptors (Lipinski definition) is 6. The van der Waals surface area contributed by atoms with E-state index in [9.17, 15) is 18.0 Å². The molecule has 0 spiro atoms. The number of carbonyl (C=O) groups is 1. The molecule has 166 valence electrons. The van der Waals surface area contributed by atoms with Crippen LogP contribution in [-0.4, -0.2) is 39.3 Å². The van der Waals surface area contributed by atoms with E-state index in [2.05, 4.69) is 25.6 Å². The molecule has 0 aliphatic rings. The number of benzene rings is 1. The highest BCUT2D eigenvalue weighted by Crippen LogP contribution is 2.29. The molecule has 8 nitrogen and oxygen atoms in total. The largest absolute Gasteiger partial charge is 0.450 e. The number of amides is 1. The summed E-state index contributed by atoms with van der Waals surface area (Å²) in [4.78, 5) is 24.3. The fraction of sp³-hybridized carbons (Fsp3) is 0.368. The van der Waals surface area contributed by atoms with Crippen LogP contribution in [0.1, 0.15) is 24.0 Å². The number of halogens is 4. The lowest BCUT2D eigenvalue weighted by Crippen LogP contribution is -2.24. The number of carbonyl (C=O) groups excluding carboxylic acids is 1. The van der Waals surface area contributed by atoms with Gasteiger partial charge in [-0.3, -0.25) is 0 Å². The van der Waals surface area contributed by atoms with Gasteiger partial charge in [0.25, 0.3) is 0 Å². The van der Waals surface area contributed by atoms with E-state index in [4.69, 9.17) is 16.3 Å². The van der Waals surface area contributed by atoms with Crippen molar-refractivity contribution in [3.05, 3.63) is 47.0 Å². The van der Waals surface area contributed by atoms with Gasteiger partial charge in [0.2, 0.25) is 5.28 Å². The van der Waals surface area contributed by atoms with E-state index in [1.165, 1.54) is 12.1 Å². The van der Waals surface area contributed by atoms with Gasteiger partial charge in [-0.1, -0.05) is 12.1 Å². The van der Waals surface area contributed by atoms with Crippen LogP contribution in [0.4, 0.5) is 23.8 Å². The molecule has 2 heterocycles. The maximum absolute atomic E-state index is 12.7. The molecule has 2 N–H and O–H groups in total. The van der Waals surface area contributed by atoms with Crippen LogP contribution in [0.3, 0.4) is 0 Å². The Labute approximate surface area is 180 Å². The molecule has 0 aliphatic heterocycles. The van der Waals surface area contributed by atoms with Crippen molar-refractivity contribution in [2.24, 2.45) is 0 Å². The summed E-state index contributed by atoms with van der Waals surface area (Å²) in [6.45, 7) is 0.693. The number of alkyl carbamates (subject to hydrolysis) is 1. The first-order valence-corrected chi connectivity index (χ1v) is 9.78. The Morgan fingerprint density at radius 3 is 2.81 bits per heavy atom. The number of unbranched alkanes of at least 4 members (excludes halogenated alkanes) is 1. The molecule has 0 atom stereocenters. The molecular formula is C19H20ClF3N6O2. The highest BCUT2D eigenvalue weighted by molar-refractivity contribution is 6.28. The summed E-state index contributed by atoms with van der Waals surface area (Å²) in [5.41, 5.74) is 0.780. The number of anilines is 1. The zero-order valence-corrected chi connectivity index (χ0v) is 17.3. The predicted molar refractivity (Wildman–Crippen MR) is 109 cm³/mol. The molecule has 3 aromatic rings. The lowest BCUT2D eigenvalue weighted by atomic mass is 10.1. The zero-order chi connectivity index (χ0) is 22.4. The molecular weight excluding hydrogens is 437 g/mol. The first-order chi connectivity index (χ1) is 14.8. The Bertz CT molecular complexity index is 1060. The van der Waals surface area contributed by atoms with Gasteiger partial charge in [0.1, 0.15) is 0 Å². The van der Waals surface area contributed by atoms with E-state index in [-0.39, 0.29) is 18.4 Å². The van der Waals surface area contributed by atoms with Crippen molar-refractivity contribution in [2.45, 2.75) is 32.1 Å². The number of aromatic nitrogens is 4. The van der Waals surface area contributed by atoms with Gasteiger partial charge >= 0.3 is 12.3 Å². The summed E-state index contributed by atoms with van der Waals surface area (Å²) in [7, 11) is 1.71. The van der Waals surface area contributed by atoms with Crippen LogP contribution in [0.15, 0.2) is 30.6 Å². The summed E-state index contributed by atoms with van der Waals surface area (Å²) in [6.07, 6.45) is -2.22. The molecule has 0 saturated heterocycles. The maximum atomic E-state index is 12.7. The average Bonchev–Trinajstić information content (AvgIpc) is 3.13. The number of alkyl halides is 3. The van der Waals surface area contributed by atoms with Crippen molar-refractivity contribution in [3.63, 3.8) is 0 Å². The van der Waals surface area contributed by atoms with Crippen LogP contribution >= 0.6 is 11.6 Å². The van der Waals surface area contributed by atoms with Gasteiger partial charge in [-0.15, -0.1) is 0 Å². The van der Waals surface area contributed by atoms with Gasteiger partial charge in [-0.05, 0) is 42.1 Å². The summed E-state index contributed by atoms with van der Waals surface area (Å²) in [6, 6.07) is 4.76. The molecule has 12 heteroatoms. The highest BCUT2D eigenvalue weighted by atomic mass is 35.5. The van der Waals surface area contributed by atoms with E-state index in [0.29, 0.717) is 41.9 Å². The first-order valence-electron chi connectivity index (χ1n) is 9.41. The third kappa shape index (κ3) is 5.97. The Morgan fingerprint density at radius 1 is 1.26 bits per heavy atom. The van der Waals surface area contributed by atoms with E-state index >= 15 is 0 Å². The van der Waals surface area contributed by atoms with Crippen molar-refractivity contribution >= 4 is 34.7 Å². The molecule has 0 saturated carbocycles. The summed E-state index contributed by atoms with van der Waals surface area (Å²) >= 11 is 5.93. The number of nitrogens with zero attached hydrogens (tertiary/aromatic N) is 4. The second-order valence-corrected chi connectivity index (χ2v) is 6.93. The fourth-order valence-corrected chi connectivity index (χ4v) is 3.05. The molecule has 1 amide bonds. The molecule has 0 radical (unpaired) electrons. The van der Waals surface area contributed by atoms with Crippen LogP contribution in [0.2, 0.25) is 5.28 Å². The quantitative estimate of drug-likeness (QED) is 0.389. The molecule has 31 heavy (non-hydrogen) atoms. The number of hydrogen-bond donors (Lipinski definition) is 2. The number of ether oxygens (including phenoxy) is 1. The smallest absolute Gasteiger partial charge is 0.416 e. The third-order valence-electron chi connectivity index (χ3n) is 4.39. The number of imidazole rings is 1. The summed E-state index contributed by atoms with van der Waals surface area (Å²) in [5.74, 6) is 0.537. The Balaban J connectivity index is 1.41. The normalized spacial score (nSPS) is 11.5. The van der Waals surface area contributed by atoms with E-state index in [1.54, 1.807) is 13.4 Å². The van der Waals surface area contributed by atoms with Gasteiger partial charge < -0.3 is 19.9 Å². The zero-order valence-electron chi connectivity index (χ0n) is 16.5. The molecule has 0 bridgehead atoms. The Hall–Kier alpha value is -3.08. The van der Waals surface area contributed by atoms with Crippen LogP contribution in [0.5, 0.6) is 0 Å². The molecule has 0 aliphatic carbocycles. The summed E-state index contributed by atoms with van der Waals surface area (Å²) < 4.78 is 45.1. The monoisotopic (exact) mass is 456 g/mol. The first kappa shape index (κ1) is 22.6. The molecule has 0 fully saturated rings. The number of aryl methyl sites for hydroxylation is 1. The predicted octanol–water partition coefficient (Wildman–Crippen LogP) is 4.25. The standard InChI is InChI=1S/C19H20ClF3N6O2/c1-24-15-14-16(28-17(20)27-15)29(11-26-14)7-2-3-8-31-18(30)25-10-12-5-4-6-13(9-12)19(21,22)23/h4-6,9,11H,2-3,7-8,10H2,1H3,(H,25,30)(H,24,27,28). The third-order valence-corrected chi connectivity index (χ3v) is 4.56. The summed E-state index contributed by atoms with van der Waals surface area (Å²) in [5, 5.41) is 5.47. The van der Waals surface area contributed by atoms with Crippen molar-refractivity contribution in [2.75, 3.05) is 19.0 Å². The second kappa shape index (κ2) is 9.82. The van der Waals surface area contributed by atoms with Crippen molar-refractivity contribution < 1.29 is 22.7 Å². The van der Waals surface area contributed by atoms with Crippen LogP contribution < -0.4 is 10.6 Å². The van der Waals surface area contributed by atoms with Gasteiger partial charge in [0, 0.05) is 20.1 Å². The number of nitrogens with one attached hydrogen (secondary N) is 2. The molecule has 0 unspecified atom stereocenters. The molecule has 3 rings (SSSR count). The number of fused-ring (bicyclic) bond motifs is 1. The van der Waals surface area contributed by atoms with Gasteiger partial charge in [-0.25, -0.2) is 9.78 Å². The average molecular weight is 457 g/mol. The Kier molecular flexibility index (Phi) is 7.16. The minimum atomic E-state index is -4.43. The Morgan fingerprint density at radius 2 is 2.06 bits per heavy atom. The number of rotatable bonds is 8. The lowest BCUT2D eigenvalue weighted by Gasteiger charge is -2.10. The van der Waals surface area contributed by atoms with Crippen molar-refractivity contribution in [3.8, 4) is 0 Å². The minimum Gasteiger partial charge on any atom is -0.450 e. The van der Waals surface area contributed by atoms with Crippen molar-refractivity contribution in [1.82, 2.24) is 24.8 Å². The van der Waals surface area contributed by atoms with E-state index < -0.39 is 17.8 Å². The minimum absolute atomic E-state index is 0.0575. The van der Waals surface area contributed by atoms with Crippen molar-refractivity contribution in [1.29, 1.82) is 0 Å². The van der Waals surface area contributed by atoms with E-state index in [1.807, 2.05) is 4.57 Å². The molecule has 2 aromatic heterocycles. The second-order valence-electron chi connectivity index (χ2n) is 6.60. The lowest BCUT2D eigenvalue weighted by molar-refractivity contribution is -0.137. The molecule has 1 aromatic carbocycles. The SMILES string of the molecule is CNc1nc(Cl)nc2c1ncn2CCCCOC(=O)NCc1cccc(C(F)(F)F)c1. The highest BCUT2D eigenvalue weighted by Gasteiger charge is 2.30. The van der Waals surface area contributed by atoms with Gasteiger partial charge in [0.05, 0.1) is 18.5 Å². The van der Waals surface area contributed by atoms with E-state index in [0.717, 1.165) is 12.1 Å². The van der Waals surface area contributed by atoms with Gasteiger partial charge in [-0.2, -0.15) is 23.1 Å². The maximum Gasteiger partial charge on any atom is 0.416 e. The topological polar surface area (TPSA) is 94.0 Å². The van der Waals surface area contributed by atoms with Gasteiger partial charge in [0.15, 0.2) is 17.0 Å².